The van der Waals surface area contributed by atoms with Crippen LogP contribution < -0.4 is 10.0 Å². The van der Waals surface area contributed by atoms with Crippen LogP contribution in [-0.4, -0.2) is 20.4 Å². The van der Waals surface area contributed by atoms with Crippen LogP contribution in [0.5, 0.6) is 0 Å². The number of sulfonamides is 1. The van der Waals surface area contributed by atoms with Gasteiger partial charge in [-0.3, -0.25) is 4.79 Å². The van der Waals surface area contributed by atoms with E-state index in [9.17, 15) is 13.2 Å². The van der Waals surface area contributed by atoms with Gasteiger partial charge in [0, 0.05) is 16.6 Å². The second kappa shape index (κ2) is 7.04. The number of hydrogen-bond acceptors (Lipinski definition) is 4. The van der Waals surface area contributed by atoms with Crippen LogP contribution >= 0.6 is 11.3 Å². The van der Waals surface area contributed by atoms with Crippen molar-refractivity contribution in [3.05, 3.63) is 46.2 Å². The molecule has 0 atom stereocenters. The highest BCUT2D eigenvalue weighted by Crippen LogP contribution is 2.22. The minimum Gasteiger partial charge on any atom is -0.321 e. The van der Waals surface area contributed by atoms with Crippen molar-refractivity contribution in [2.24, 2.45) is 0 Å². The van der Waals surface area contributed by atoms with Crippen LogP contribution in [0.15, 0.2) is 41.3 Å². The molecule has 7 heteroatoms. The molecule has 128 valence electrons. The average molecular weight is 364 g/mol. The number of anilines is 1. The highest BCUT2D eigenvalue weighted by molar-refractivity contribution is 7.89. The molecule has 1 aromatic carbocycles. The molecular formula is C17H20N2O3S2. The second-order valence-corrected chi connectivity index (χ2v) is 8.99. The summed E-state index contributed by atoms with van der Waals surface area (Å²) in [5, 5.41) is 2.78. The summed E-state index contributed by atoms with van der Waals surface area (Å²) in [4.78, 5) is 14.0. The van der Waals surface area contributed by atoms with Gasteiger partial charge in [-0.05, 0) is 56.2 Å². The van der Waals surface area contributed by atoms with E-state index in [0.29, 0.717) is 10.6 Å². The Morgan fingerprint density at radius 1 is 1.08 bits per heavy atom. The van der Waals surface area contributed by atoms with Crippen molar-refractivity contribution >= 4 is 33.0 Å². The SMILES string of the molecule is Cc1ccc(C(=O)Nc2ccc(S(=O)(=O)NC3CCCC3)cc2)s1. The van der Waals surface area contributed by atoms with Crippen molar-refractivity contribution < 1.29 is 13.2 Å². The smallest absolute Gasteiger partial charge is 0.265 e. The van der Waals surface area contributed by atoms with Crippen LogP contribution in [0.25, 0.3) is 0 Å². The Morgan fingerprint density at radius 2 is 1.75 bits per heavy atom. The normalized spacial score (nSPS) is 15.5. The van der Waals surface area contributed by atoms with E-state index >= 15 is 0 Å². The Balaban J connectivity index is 1.67. The lowest BCUT2D eigenvalue weighted by Crippen LogP contribution is -2.32. The van der Waals surface area contributed by atoms with Crippen LogP contribution in [0.1, 0.15) is 40.2 Å². The number of rotatable bonds is 5. The van der Waals surface area contributed by atoms with Crippen molar-refractivity contribution in [3.63, 3.8) is 0 Å². The zero-order valence-electron chi connectivity index (χ0n) is 13.4. The maximum absolute atomic E-state index is 12.3. The van der Waals surface area contributed by atoms with E-state index in [-0.39, 0.29) is 16.8 Å². The lowest BCUT2D eigenvalue weighted by atomic mass is 10.3. The fourth-order valence-electron chi connectivity index (χ4n) is 2.80. The summed E-state index contributed by atoms with van der Waals surface area (Å²) in [6.45, 7) is 1.94. The summed E-state index contributed by atoms with van der Waals surface area (Å²) in [7, 11) is -3.50. The predicted molar refractivity (Wildman–Crippen MR) is 96.0 cm³/mol. The number of carbonyl (C=O) groups excluding carboxylic acids is 1. The van der Waals surface area contributed by atoms with Gasteiger partial charge in [0.1, 0.15) is 0 Å². The third-order valence-electron chi connectivity index (χ3n) is 4.06. The number of benzene rings is 1. The fraction of sp³-hybridized carbons (Fsp3) is 0.353. The molecule has 0 unspecified atom stereocenters. The van der Waals surface area contributed by atoms with Gasteiger partial charge in [0.25, 0.3) is 5.91 Å². The first-order chi connectivity index (χ1) is 11.4. The Bertz CT molecular complexity index is 820. The van der Waals surface area contributed by atoms with E-state index in [0.717, 1.165) is 30.6 Å². The lowest BCUT2D eigenvalue weighted by Gasteiger charge is -2.13. The monoisotopic (exact) mass is 364 g/mol. The molecule has 1 heterocycles. The largest absolute Gasteiger partial charge is 0.321 e. The van der Waals surface area contributed by atoms with Crippen molar-refractivity contribution in [2.75, 3.05) is 5.32 Å². The molecule has 1 aliphatic rings. The number of carbonyl (C=O) groups is 1. The number of thiophene rings is 1. The summed E-state index contributed by atoms with van der Waals surface area (Å²) >= 11 is 1.42. The van der Waals surface area contributed by atoms with E-state index < -0.39 is 10.0 Å². The zero-order valence-corrected chi connectivity index (χ0v) is 15.0. The third-order valence-corrected chi connectivity index (χ3v) is 6.60. The summed E-state index contributed by atoms with van der Waals surface area (Å²) in [6.07, 6.45) is 3.93. The van der Waals surface area contributed by atoms with Crippen LogP contribution in [0, 0.1) is 6.92 Å². The van der Waals surface area contributed by atoms with Crippen molar-refractivity contribution in [1.29, 1.82) is 0 Å². The topological polar surface area (TPSA) is 75.3 Å². The first kappa shape index (κ1) is 17.1. The van der Waals surface area contributed by atoms with Crippen molar-refractivity contribution in [2.45, 2.75) is 43.5 Å². The van der Waals surface area contributed by atoms with Gasteiger partial charge in [-0.25, -0.2) is 13.1 Å². The van der Waals surface area contributed by atoms with E-state index in [1.54, 1.807) is 18.2 Å². The number of hydrogen-bond donors (Lipinski definition) is 2. The van der Waals surface area contributed by atoms with E-state index in [1.165, 1.54) is 23.5 Å². The molecule has 1 saturated carbocycles. The molecule has 2 N–H and O–H groups in total. The summed E-state index contributed by atoms with van der Waals surface area (Å²) in [5.74, 6) is -0.187. The first-order valence-corrected chi connectivity index (χ1v) is 10.2. The molecule has 0 spiro atoms. The van der Waals surface area contributed by atoms with Crippen molar-refractivity contribution in [1.82, 2.24) is 4.72 Å². The number of nitrogens with one attached hydrogen (secondary N) is 2. The quantitative estimate of drug-likeness (QED) is 0.852. The maximum atomic E-state index is 12.3. The number of amides is 1. The number of aryl methyl sites for hydroxylation is 1. The molecule has 0 bridgehead atoms. The molecule has 5 nitrogen and oxygen atoms in total. The summed E-state index contributed by atoms with van der Waals surface area (Å²) in [5.41, 5.74) is 0.575. The molecule has 1 fully saturated rings. The predicted octanol–water partition coefficient (Wildman–Crippen LogP) is 3.53. The van der Waals surface area contributed by atoms with Gasteiger partial charge in [-0.1, -0.05) is 12.8 Å². The highest BCUT2D eigenvalue weighted by Gasteiger charge is 2.22. The molecule has 0 saturated heterocycles. The van der Waals surface area contributed by atoms with Gasteiger partial charge < -0.3 is 5.32 Å². The zero-order chi connectivity index (χ0) is 17.2. The van der Waals surface area contributed by atoms with Gasteiger partial charge in [-0.2, -0.15) is 0 Å². The van der Waals surface area contributed by atoms with Crippen LogP contribution in [0.3, 0.4) is 0 Å². The van der Waals surface area contributed by atoms with Gasteiger partial charge in [0.15, 0.2) is 0 Å². The lowest BCUT2D eigenvalue weighted by molar-refractivity contribution is 0.103. The molecule has 1 amide bonds. The highest BCUT2D eigenvalue weighted by atomic mass is 32.2. The maximum Gasteiger partial charge on any atom is 0.265 e. The molecule has 0 radical (unpaired) electrons. The van der Waals surface area contributed by atoms with E-state index in [4.69, 9.17) is 0 Å². The minimum absolute atomic E-state index is 0.0384. The third kappa shape index (κ3) is 4.03. The van der Waals surface area contributed by atoms with Gasteiger partial charge >= 0.3 is 0 Å². The summed E-state index contributed by atoms with van der Waals surface area (Å²) < 4.78 is 27.4. The standard InChI is InChI=1S/C17H20N2O3S2/c1-12-6-11-16(23-12)17(20)18-13-7-9-15(10-8-13)24(21,22)19-14-4-2-3-5-14/h6-11,14,19H,2-5H2,1H3,(H,18,20). The van der Waals surface area contributed by atoms with Crippen molar-refractivity contribution in [3.8, 4) is 0 Å². The molecule has 24 heavy (non-hydrogen) atoms. The second-order valence-electron chi connectivity index (χ2n) is 5.99. The van der Waals surface area contributed by atoms with Crippen LogP contribution in [-0.2, 0) is 10.0 Å². The van der Waals surface area contributed by atoms with Gasteiger partial charge in [0.05, 0.1) is 9.77 Å². The van der Waals surface area contributed by atoms with Crippen LogP contribution in [0.4, 0.5) is 5.69 Å². The molecule has 3 rings (SSSR count). The average Bonchev–Trinajstić information content (AvgIpc) is 3.19. The van der Waals surface area contributed by atoms with E-state index in [1.807, 2.05) is 13.0 Å². The first-order valence-electron chi connectivity index (χ1n) is 7.94. The summed E-state index contributed by atoms with van der Waals surface area (Å²) in [6, 6.07) is 9.97. The van der Waals surface area contributed by atoms with Gasteiger partial charge in [0.2, 0.25) is 10.0 Å². The Morgan fingerprint density at radius 3 is 2.33 bits per heavy atom. The molecule has 0 aliphatic heterocycles. The van der Waals surface area contributed by atoms with E-state index in [2.05, 4.69) is 10.0 Å². The molecule has 2 aromatic rings. The Labute approximate surface area is 146 Å². The Kier molecular flexibility index (Phi) is 5.03. The molecular weight excluding hydrogens is 344 g/mol. The van der Waals surface area contributed by atoms with Gasteiger partial charge in [-0.15, -0.1) is 11.3 Å². The molecule has 1 aliphatic carbocycles. The fourth-order valence-corrected chi connectivity index (χ4v) is 4.87. The van der Waals surface area contributed by atoms with Crippen LogP contribution in [0.2, 0.25) is 0 Å². The minimum atomic E-state index is -3.50. The Hall–Kier alpha value is -1.70. The molecule has 1 aromatic heterocycles.